The Kier molecular flexibility index (Phi) is 4.67. The average Bonchev–Trinajstić information content (AvgIpc) is 2.26. The van der Waals surface area contributed by atoms with Gasteiger partial charge < -0.3 is 15.2 Å². The van der Waals surface area contributed by atoms with Crippen LogP contribution < -0.4 is 10.5 Å². The number of esters is 1. The lowest BCUT2D eigenvalue weighted by Crippen LogP contribution is -2.26. The number of nitrogens with zero attached hydrogens (tertiary/aromatic N) is 1. The Balaban J connectivity index is 2.64. The lowest BCUT2D eigenvalue weighted by Gasteiger charge is -2.21. The highest BCUT2D eigenvalue weighted by Gasteiger charge is 2.19. The molecule has 5 nitrogen and oxygen atoms in total. The molecular formula is C13H20N2O3. The summed E-state index contributed by atoms with van der Waals surface area (Å²) in [5, 5.41) is 0. The second kappa shape index (κ2) is 5.82. The summed E-state index contributed by atoms with van der Waals surface area (Å²) in [7, 11) is 1.56. The molecular weight excluding hydrogens is 232 g/mol. The first-order valence-electron chi connectivity index (χ1n) is 5.78. The molecule has 0 spiro atoms. The summed E-state index contributed by atoms with van der Waals surface area (Å²) in [6.07, 6.45) is 3.33. The van der Waals surface area contributed by atoms with Gasteiger partial charge in [-0.2, -0.15) is 0 Å². The number of carbonyl (C=O) groups is 1. The number of pyridine rings is 1. The fraction of sp³-hybridized carbons (Fsp3) is 0.538. The summed E-state index contributed by atoms with van der Waals surface area (Å²) >= 11 is 0. The van der Waals surface area contributed by atoms with E-state index in [1.54, 1.807) is 25.6 Å². The summed E-state index contributed by atoms with van der Waals surface area (Å²) in [5.74, 6) is 0.296. The predicted octanol–water partition coefficient (Wildman–Crippen LogP) is 1.82. The van der Waals surface area contributed by atoms with E-state index in [0.717, 1.165) is 5.56 Å². The quantitative estimate of drug-likeness (QED) is 0.827. The minimum absolute atomic E-state index is 0.117. The molecule has 0 bridgehead atoms. The molecule has 1 rings (SSSR count). The van der Waals surface area contributed by atoms with Gasteiger partial charge in [-0.1, -0.05) is 0 Å². The van der Waals surface area contributed by atoms with E-state index in [1.807, 2.05) is 20.8 Å². The third kappa shape index (κ3) is 4.71. The first-order chi connectivity index (χ1) is 8.31. The molecule has 0 unspecified atom stereocenters. The fourth-order valence-corrected chi connectivity index (χ4v) is 1.43. The summed E-state index contributed by atoms with van der Waals surface area (Å²) in [4.78, 5) is 15.6. The largest absolute Gasteiger partial charge is 0.495 e. The van der Waals surface area contributed by atoms with Crippen LogP contribution in [0.5, 0.6) is 5.75 Å². The third-order valence-electron chi connectivity index (χ3n) is 2.20. The minimum atomic E-state index is -0.497. The van der Waals surface area contributed by atoms with Crippen LogP contribution in [0.4, 0.5) is 0 Å². The molecule has 1 aromatic rings. The molecule has 2 N–H and O–H groups in total. The predicted molar refractivity (Wildman–Crippen MR) is 68.2 cm³/mol. The monoisotopic (exact) mass is 252 g/mol. The maximum Gasteiger partial charge on any atom is 0.308 e. The van der Waals surface area contributed by atoms with Crippen LogP contribution in [0, 0.1) is 0 Å². The van der Waals surface area contributed by atoms with Crippen molar-refractivity contribution in [1.82, 2.24) is 4.98 Å². The Bertz CT molecular complexity index is 413. The zero-order chi connectivity index (χ0) is 13.8. The number of ether oxygens (including phenoxy) is 2. The van der Waals surface area contributed by atoms with Crippen LogP contribution in [-0.4, -0.2) is 23.7 Å². The van der Waals surface area contributed by atoms with Crippen molar-refractivity contribution < 1.29 is 14.3 Å². The molecule has 0 aliphatic rings. The SMILES string of the molecule is COc1cncc([C@@H](N)CC(=O)OC(C)(C)C)c1. The maximum absolute atomic E-state index is 11.6. The van der Waals surface area contributed by atoms with Crippen LogP contribution in [-0.2, 0) is 9.53 Å². The van der Waals surface area contributed by atoms with Crippen LogP contribution in [0.25, 0.3) is 0 Å². The van der Waals surface area contributed by atoms with Gasteiger partial charge in [-0.05, 0) is 32.4 Å². The first kappa shape index (κ1) is 14.4. The van der Waals surface area contributed by atoms with Gasteiger partial charge in [0.1, 0.15) is 11.4 Å². The Morgan fingerprint density at radius 1 is 1.44 bits per heavy atom. The van der Waals surface area contributed by atoms with Gasteiger partial charge in [0.05, 0.1) is 19.7 Å². The number of rotatable bonds is 4. The van der Waals surface area contributed by atoms with Gasteiger partial charge in [0.25, 0.3) is 0 Å². The molecule has 0 saturated carbocycles. The van der Waals surface area contributed by atoms with Crippen molar-refractivity contribution in [3.05, 3.63) is 24.0 Å². The molecule has 0 fully saturated rings. The number of methoxy groups -OCH3 is 1. The maximum atomic E-state index is 11.6. The topological polar surface area (TPSA) is 74.4 Å². The van der Waals surface area contributed by atoms with Crippen molar-refractivity contribution >= 4 is 5.97 Å². The Morgan fingerprint density at radius 2 is 2.11 bits per heavy atom. The highest BCUT2D eigenvalue weighted by Crippen LogP contribution is 2.19. The molecule has 0 aliphatic carbocycles. The van der Waals surface area contributed by atoms with Crippen LogP contribution in [0.2, 0.25) is 0 Å². The second-order valence-electron chi connectivity index (χ2n) is 5.06. The van der Waals surface area contributed by atoms with E-state index in [0.29, 0.717) is 5.75 Å². The smallest absolute Gasteiger partial charge is 0.308 e. The van der Waals surface area contributed by atoms with Crippen LogP contribution in [0.3, 0.4) is 0 Å². The lowest BCUT2D eigenvalue weighted by atomic mass is 10.1. The first-order valence-corrected chi connectivity index (χ1v) is 5.78. The molecule has 18 heavy (non-hydrogen) atoms. The number of hydrogen-bond donors (Lipinski definition) is 1. The van der Waals surface area contributed by atoms with E-state index in [9.17, 15) is 4.79 Å². The fourth-order valence-electron chi connectivity index (χ4n) is 1.43. The van der Waals surface area contributed by atoms with E-state index < -0.39 is 11.6 Å². The molecule has 0 saturated heterocycles. The number of hydrogen-bond acceptors (Lipinski definition) is 5. The van der Waals surface area contributed by atoms with Crippen molar-refractivity contribution in [3.8, 4) is 5.75 Å². The number of carbonyl (C=O) groups excluding carboxylic acids is 1. The van der Waals surface area contributed by atoms with Gasteiger partial charge in [0.15, 0.2) is 0 Å². The molecule has 0 aromatic carbocycles. The van der Waals surface area contributed by atoms with Crippen molar-refractivity contribution in [2.24, 2.45) is 5.73 Å². The Morgan fingerprint density at radius 3 is 2.67 bits per heavy atom. The van der Waals surface area contributed by atoms with Crippen molar-refractivity contribution in [3.63, 3.8) is 0 Å². The van der Waals surface area contributed by atoms with Crippen LogP contribution in [0.1, 0.15) is 38.8 Å². The lowest BCUT2D eigenvalue weighted by molar-refractivity contribution is -0.155. The molecule has 0 amide bonds. The minimum Gasteiger partial charge on any atom is -0.495 e. The van der Waals surface area contributed by atoms with Crippen molar-refractivity contribution in [2.45, 2.75) is 38.8 Å². The Labute approximate surface area is 107 Å². The molecule has 5 heteroatoms. The molecule has 1 heterocycles. The zero-order valence-corrected chi connectivity index (χ0v) is 11.3. The Hall–Kier alpha value is -1.62. The van der Waals surface area contributed by atoms with Crippen LogP contribution >= 0.6 is 0 Å². The van der Waals surface area contributed by atoms with E-state index in [2.05, 4.69) is 4.98 Å². The van der Waals surface area contributed by atoms with Gasteiger partial charge in [-0.15, -0.1) is 0 Å². The normalized spacial score (nSPS) is 12.9. The number of nitrogens with two attached hydrogens (primary N) is 1. The zero-order valence-electron chi connectivity index (χ0n) is 11.3. The van der Waals surface area contributed by atoms with E-state index in [4.69, 9.17) is 15.2 Å². The highest BCUT2D eigenvalue weighted by molar-refractivity contribution is 5.70. The summed E-state index contributed by atoms with van der Waals surface area (Å²) in [5.41, 5.74) is 6.20. The summed E-state index contributed by atoms with van der Waals surface area (Å²) in [6, 6.07) is 1.32. The molecule has 0 aliphatic heterocycles. The van der Waals surface area contributed by atoms with Crippen molar-refractivity contribution in [1.29, 1.82) is 0 Å². The van der Waals surface area contributed by atoms with Crippen LogP contribution in [0.15, 0.2) is 18.5 Å². The summed E-state index contributed by atoms with van der Waals surface area (Å²) in [6.45, 7) is 5.47. The molecule has 0 radical (unpaired) electrons. The van der Waals surface area contributed by atoms with E-state index in [1.165, 1.54) is 0 Å². The molecule has 1 aromatic heterocycles. The van der Waals surface area contributed by atoms with Gasteiger partial charge >= 0.3 is 5.97 Å². The average molecular weight is 252 g/mol. The van der Waals surface area contributed by atoms with Gasteiger partial charge in [-0.25, -0.2) is 0 Å². The summed E-state index contributed by atoms with van der Waals surface area (Å²) < 4.78 is 10.3. The third-order valence-corrected chi connectivity index (χ3v) is 2.20. The van der Waals surface area contributed by atoms with Gasteiger partial charge in [0, 0.05) is 12.2 Å². The van der Waals surface area contributed by atoms with Crippen molar-refractivity contribution in [2.75, 3.05) is 7.11 Å². The molecule has 1 atom stereocenters. The van der Waals surface area contributed by atoms with Gasteiger partial charge in [0.2, 0.25) is 0 Å². The number of aromatic nitrogens is 1. The molecule has 100 valence electrons. The second-order valence-corrected chi connectivity index (χ2v) is 5.06. The van der Waals surface area contributed by atoms with E-state index >= 15 is 0 Å². The van der Waals surface area contributed by atoms with Gasteiger partial charge in [-0.3, -0.25) is 9.78 Å². The highest BCUT2D eigenvalue weighted by atomic mass is 16.6. The van der Waals surface area contributed by atoms with E-state index in [-0.39, 0.29) is 12.4 Å². The standard InChI is InChI=1S/C13H20N2O3/c1-13(2,3)18-12(16)6-11(14)9-5-10(17-4)8-15-7-9/h5,7-8,11H,6,14H2,1-4H3/t11-/m0/s1.